The molecule has 0 unspecified atom stereocenters. The van der Waals surface area contributed by atoms with Gasteiger partial charge in [-0.15, -0.1) is 11.3 Å². The van der Waals surface area contributed by atoms with Crippen molar-refractivity contribution < 1.29 is 27.8 Å². The molecule has 0 fully saturated rings. The van der Waals surface area contributed by atoms with Gasteiger partial charge in [0.05, 0.1) is 13.2 Å². The summed E-state index contributed by atoms with van der Waals surface area (Å²) in [6, 6.07) is 2.58. The van der Waals surface area contributed by atoms with Crippen molar-refractivity contribution in [3.63, 3.8) is 0 Å². The number of carbonyl (C=O) groups is 1. The number of ether oxygens (including phenoxy) is 2. The van der Waals surface area contributed by atoms with E-state index in [0.29, 0.717) is 0 Å². The maximum Gasteiger partial charge on any atom is 0.345 e. The number of nitrogens with zero attached hydrogens (tertiary/aromatic N) is 1. The molecule has 9 heteroatoms. The normalized spacial score (nSPS) is 11.9. The number of carboxylic acid groups (broad SMARTS) is 1. The Hall–Kier alpha value is -1.00. The van der Waals surface area contributed by atoms with Gasteiger partial charge in [-0.3, -0.25) is 0 Å². The Morgan fingerprint density at radius 3 is 2.20 bits per heavy atom. The van der Waals surface area contributed by atoms with Crippen LogP contribution in [0.1, 0.15) is 9.67 Å². The van der Waals surface area contributed by atoms with E-state index in [4.69, 9.17) is 14.6 Å². The molecular formula is C11H17NO6S2. The third-order valence-electron chi connectivity index (χ3n) is 2.48. The third kappa shape index (κ3) is 4.25. The number of thiophene rings is 1. The van der Waals surface area contributed by atoms with Gasteiger partial charge in [0.15, 0.2) is 0 Å². The summed E-state index contributed by atoms with van der Waals surface area (Å²) in [7, 11) is -0.768. The van der Waals surface area contributed by atoms with E-state index in [0.717, 1.165) is 11.3 Å². The highest BCUT2D eigenvalue weighted by molar-refractivity contribution is 7.91. The zero-order valence-electron chi connectivity index (χ0n) is 11.2. The number of carboxylic acids is 1. The number of methoxy groups -OCH3 is 2. The van der Waals surface area contributed by atoms with Crippen LogP contribution < -0.4 is 0 Å². The molecule has 0 aliphatic rings. The molecule has 0 aliphatic heterocycles. The number of aromatic carboxylic acids is 1. The standard InChI is InChI=1S/C11H17NO6S2/c1-17-7-5-12(6-8-18-2)20(15,16)10-4-3-9(19-10)11(13)14/h3-4H,5-8H2,1-2H3,(H,13,14). The maximum absolute atomic E-state index is 12.4. The lowest BCUT2D eigenvalue weighted by Gasteiger charge is -2.20. The summed E-state index contributed by atoms with van der Waals surface area (Å²) >= 11 is 0.732. The van der Waals surface area contributed by atoms with Crippen molar-refractivity contribution in [2.75, 3.05) is 40.5 Å². The molecule has 0 saturated heterocycles. The van der Waals surface area contributed by atoms with E-state index in [2.05, 4.69) is 0 Å². The Morgan fingerprint density at radius 2 is 1.80 bits per heavy atom. The van der Waals surface area contributed by atoms with E-state index in [-0.39, 0.29) is 35.4 Å². The van der Waals surface area contributed by atoms with E-state index in [1.54, 1.807) is 0 Å². The second-order valence-corrected chi connectivity index (χ2v) is 7.06. The van der Waals surface area contributed by atoms with E-state index >= 15 is 0 Å². The summed E-state index contributed by atoms with van der Waals surface area (Å²) in [6.45, 7) is 0.866. The molecule has 0 aromatic carbocycles. The summed E-state index contributed by atoms with van der Waals surface area (Å²) in [5.74, 6) is -1.14. The van der Waals surface area contributed by atoms with Gasteiger partial charge in [0, 0.05) is 27.3 Å². The summed E-state index contributed by atoms with van der Waals surface area (Å²) < 4.78 is 35.8. The van der Waals surface area contributed by atoms with Crippen LogP contribution in [0.25, 0.3) is 0 Å². The van der Waals surface area contributed by atoms with Crippen molar-refractivity contribution in [2.24, 2.45) is 0 Å². The number of hydrogen-bond acceptors (Lipinski definition) is 6. The summed E-state index contributed by atoms with van der Waals surface area (Å²) in [5.41, 5.74) is 0. The first-order chi connectivity index (χ1) is 9.43. The zero-order chi connectivity index (χ0) is 15.2. The quantitative estimate of drug-likeness (QED) is 0.720. The van der Waals surface area contributed by atoms with Gasteiger partial charge in [-0.05, 0) is 12.1 Å². The third-order valence-corrected chi connectivity index (χ3v) is 5.92. The molecule has 1 heterocycles. The molecule has 114 valence electrons. The highest BCUT2D eigenvalue weighted by atomic mass is 32.2. The van der Waals surface area contributed by atoms with E-state index in [1.165, 1.54) is 30.7 Å². The Balaban J connectivity index is 2.97. The molecule has 7 nitrogen and oxygen atoms in total. The maximum atomic E-state index is 12.4. The van der Waals surface area contributed by atoms with Crippen molar-refractivity contribution in [2.45, 2.75) is 4.21 Å². The van der Waals surface area contributed by atoms with Gasteiger partial charge in [0.1, 0.15) is 9.09 Å². The predicted molar refractivity (Wildman–Crippen MR) is 73.8 cm³/mol. The van der Waals surface area contributed by atoms with Gasteiger partial charge in [0.2, 0.25) is 0 Å². The van der Waals surface area contributed by atoms with Gasteiger partial charge >= 0.3 is 5.97 Å². The molecular weight excluding hydrogens is 306 g/mol. The van der Waals surface area contributed by atoms with Crippen LogP contribution in [-0.2, 0) is 19.5 Å². The highest BCUT2D eigenvalue weighted by Gasteiger charge is 2.26. The number of rotatable bonds is 9. The van der Waals surface area contributed by atoms with E-state index in [1.807, 2.05) is 0 Å². The molecule has 0 radical (unpaired) electrons. The van der Waals surface area contributed by atoms with Gasteiger partial charge in [0.25, 0.3) is 10.0 Å². The molecule has 20 heavy (non-hydrogen) atoms. The first kappa shape index (κ1) is 17.1. The SMILES string of the molecule is COCCN(CCOC)S(=O)(=O)c1ccc(C(=O)O)s1. The summed E-state index contributed by atoms with van der Waals surface area (Å²) in [4.78, 5) is 10.8. The molecule has 1 aromatic rings. The predicted octanol–water partition coefficient (Wildman–Crippen LogP) is 0.730. The summed E-state index contributed by atoms with van der Waals surface area (Å²) in [6.07, 6.45) is 0. The van der Waals surface area contributed by atoms with Gasteiger partial charge in [-0.25, -0.2) is 13.2 Å². The molecule has 1 aromatic heterocycles. The molecule has 1 N–H and O–H groups in total. The van der Waals surface area contributed by atoms with E-state index < -0.39 is 16.0 Å². The minimum absolute atomic E-state index is 0.00195. The van der Waals surface area contributed by atoms with E-state index in [9.17, 15) is 13.2 Å². The van der Waals surface area contributed by atoms with Crippen molar-refractivity contribution in [3.8, 4) is 0 Å². The van der Waals surface area contributed by atoms with Crippen LogP contribution in [0.15, 0.2) is 16.3 Å². The average Bonchev–Trinajstić information content (AvgIpc) is 2.89. The first-order valence-electron chi connectivity index (χ1n) is 5.74. The van der Waals surface area contributed by atoms with Crippen molar-refractivity contribution in [1.82, 2.24) is 4.31 Å². The number of sulfonamides is 1. The zero-order valence-corrected chi connectivity index (χ0v) is 12.9. The van der Waals surface area contributed by atoms with Crippen LogP contribution in [0.4, 0.5) is 0 Å². The van der Waals surface area contributed by atoms with Gasteiger partial charge in [-0.2, -0.15) is 4.31 Å². The lowest BCUT2D eigenvalue weighted by molar-refractivity contribution is 0.0702. The van der Waals surface area contributed by atoms with Crippen LogP contribution in [0, 0.1) is 0 Å². The Labute approximate surface area is 121 Å². The van der Waals surface area contributed by atoms with Crippen molar-refractivity contribution in [3.05, 3.63) is 17.0 Å². The van der Waals surface area contributed by atoms with Crippen molar-refractivity contribution >= 4 is 27.3 Å². The van der Waals surface area contributed by atoms with Crippen LogP contribution in [-0.4, -0.2) is 64.3 Å². The molecule has 1 rings (SSSR count). The fraction of sp³-hybridized carbons (Fsp3) is 0.545. The molecule has 0 bridgehead atoms. The van der Waals surface area contributed by atoms with Gasteiger partial charge < -0.3 is 14.6 Å². The fourth-order valence-corrected chi connectivity index (χ4v) is 4.15. The summed E-state index contributed by atoms with van der Waals surface area (Å²) in [5, 5.41) is 8.85. The second kappa shape index (κ2) is 7.70. The molecule has 0 spiro atoms. The Kier molecular flexibility index (Phi) is 6.56. The monoisotopic (exact) mass is 323 g/mol. The fourth-order valence-electron chi connectivity index (χ4n) is 1.44. The smallest absolute Gasteiger partial charge is 0.345 e. The Morgan fingerprint density at radius 1 is 1.25 bits per heavy atom. The number of hydrogen-bond donors (Lipinski definition) is 1. The second-order valence-electron chi connectivity index (χ2n) is 3.81. The largest absolute Gasteiger partial charge is 0.477 e. The Bertz CT molecular complexity index is 531. The van der Waals surface area contributed by atoms with Crippen LogP contribution in [0.3, 0.4) is 0 Å². The topological polar surface area (TPSA) is 93.1 Å². The highest BCUT2D eigenvalue weighted by Crippen LogP contribution is 2.24. The first-order valence-corrected chi connectivity index (χ1v) is 8.00. The lowest BCUT2D eigenvalue weighted by Crippen LogP contribution is -2.36. The minimum Gasteiger partial charge on any atom is -0.477 e. The van der Waals surface area contributed by atoms with Crippen LogP contribution in [0.2, 0.25) is 0 Å². The minimum atomic E-state index is -3.73. The van der Waals surface area contributed by atoms with Crippen LogP contribution >= 0.6 is 11.3 Å². The van der Waals surface area contributed by atoms with Gasteiger partial charge in [-0.1, -0.05) is 0 Å². The lowest BCUT2D eigenvalue weighted by atomic mass is 10.5. The van der Waals surface area contributed by atoms with Crippen molar-refractivity contribution in [1.29, 1.82) is 0 Å². The van der Waals surface area contributed by atoms with Crippen LogP contribution in [0.5, 0.6) is 0 Å². The molecule has 0 atom stereocenters. The molecule has 0 amide bonds. The molecule has 0 saturated carbocycles. The molecule has 0 aliphatic carbocycles. The average molecular weight is 323 g/mol.